The van der Waals surface area contributed by atoms with Crippen LogP contribution in [-0.2, 0) is 11.2 Å². The van der Waals surface area contributed by atoms with Crippen LogP contribution in [0.5, 0.6) is 0 Å². The number of carbonyl (C=O) groups is 2. The number of amides is 3. The molecule has 2 heterocycles. The van der Waals surface area contributed by atoms with Crippen molar-refractivity contribution in [2.45, 2.75) is 45.1 Å². The van der Waals surface area contributed by atoms with E-state index >= 15 is 0 Å². The molecule has 0 saturated carbocycles. The van der Waals surface area contributed by atoms with Crippen molar-refractivity contribution in [3.8, 4) is 0 Å². The molecular weight excluding hydrogens is 304 g/mol. The molecule has 1 aliphatic heterocycles. The molecule has 1 aromatic rings. The van der Waals surface area contributed by atoms with Crippen LogP contribution in [0, 0.1) is 0 Å². The third-order valence-corrected chi connectivity index (χ3v) is 4.61. The Balaban J connectivity index is 1.74. The molecule has 0 radical (unpaired) electrons. The van der Waals surface area contributed by atoms with E-state index in [1.165, 1.54) is 6.42 Å². The van der Waals surface area contributed by atoms with Gasteiger partial charge >= 0.3 is 6.03 Å². The molecule has 24 heavy (non-hydrogen) atoms. The highest BCUT2D eigenvalue weighted by molar-refractivity contribution is 5.84. The van der Waals surface area contributed by atoms with Gasteiger partial charge in [-0.05, 0) is 37.8 Å². The van der Waals surface area contributed by atoms with Crippen LogP contribution in [0.15, 0.2) is 24.4 Å². The summed E-state index contributed by atoms with van der Waals surface area (Å²) in [6, 6.07) is 5.94. The Morgan fingerprint density at radius 2 is 2.21 bits per heavy atom. The van der Waals surface area contributed by atoms with Crippen LogP contribution in [0.1, 0.15) is 38.3 Å². The van der Waals surface area contributed by atoms with Crippen LogP contribution in [0.2, 0.25) is 0 Å². The number of pyridine rings is 1. The lowest BCUT2D eigenvalue weighted by Crippen LogP contribution is -2.50. The number of likely N-dealkylation sites (N-methyl/N-ethyl adjacent to an activating group) is 1. The normalized spacial score (nSPS) is 17.4. The second-order valence-electron chi connectivity index (χ2n) is 6.30. The summed E-state index contributed by atoms with van der Waals surface area (Å²) in [7, 11) is 1.76. The second kappa shape index (κ2) is 9.25. The molecule has 6 nitrogen and oxygen atoms in total. The SMILES string of the molecule is CCC1CCCCN1C(=O)NCC(=O)N(C)CCc1ccccn1. The Kier molecular flexibility index (Phi) is 7.03. The van der Waals surface area contributed by atoms with Crippen molar-refractivity contribution in [1.82, 2.24) is 20.1 Å². The number of urea groups is 1. The van der Waals surface area contributed by atoms with E-state index < -0.39 is 0 Å². The molecule has 1 saturated heterocycles. The van der Waals surface area contributed by atoms with Gasteiger partial charge in [-0.1, -0.05) is 13.0 Å². The van der Waals surface area contributed by atoms with Gasteiger partial charge in [0.2, 0.25) is 5.91 Å². The molecule has 132 valence electrons. The highest BCUT2D eigenvalue weighted by atomic mass is 16.2. The molecule has 1 aliphatic rings. The number of piperidine rings is 1. The molecule has 1 aromatic heterocycles. The van der Waals surface area contributed by atoms with Crippen LogP contribution in [0.25, 0.3) is 0 Å². The molecular formula is C18H28N4O2. The smallest absolute Gasteiger partial charge is 0.318 e. The Morgan fingerprint density at radius 1 is 1.38 bits per heavy atom. The third-order valence-electron chi connectivity index (χ3n) is 4.61. The first-order chi connectivity index (χ1) is 11.6. The van der Waals surface area contributed by atoms with E-state index in [0.717, 1.165) is 31.5 Å². The average molecular weight is 332 g/mol. The average Bonchev–Trinajstić information content (AvgIpc) is 2.64. The highest BCUT2D eigenvalue weighted by Crippen LogP contribution is 2.19. The maximum Gasteiger partial charge on any atom is 0.318 e. The van der Waals surface area contributed by atoms with Crippen LogP contribution in [-0.4, -0.2) is 59.4 Å². The summed E-state index contributed by atoms with van der Waals surface area (Å²) in [5.74, 6) is -0.0793. The van der Waals surface area contributed by atoms with Gasteiger partial charge in [0.25, 0.3) is 0 Å². The van der Waals surface area contributed by atoms with E-state index in [-0.39, 0.29) is 18.5 Å². The molecule has 1 N–H and O–H groups in total. The number of likely N-dealkylation sites (tertiary alicyclic amines) is 1. The van der Waals surface area contributed by atoms with Crippen molar-refractivity contribution >= 4 is 11.9 Å². The second-order valence-corrected chi connectivity index (χ2v) is 6.30. The monoisotopic (exact) mass is 332 g/mol. The lowest BCUT2D eigenvalue weighted by Gasteiger charge is -2.35. The number of carbonyl (C=O) groups excluding carboxylic acids is 2. The number of rotatable bonds is 6. The molecule has 0 aliphatic carbocycles. The Morgan fingerprint density at radius 3 is 2.92 bits per heavy atom. The molecule has 3 amide bonds. The summed E-state index contributed by atoms with van der Waals surface area (Å²) in [5, 5.41) is 2.78. The summed E-state index contributed by atoms with van der Waals surface area (Å²) in [6.45, 7) is 3.53. The zero-order valence-corrected chi connectivity index (χ0v) is 14.7. The van der Waals surface area contributed by atoms with Gasteiger partial charge in [-0.3, -0.25) is 9.78 Å². The van der Waals surface area contributed by atoms with Crippen LogP contribution < -0.4 is 5.32 Å². The Bertz CT molecular complexity index is 535. The molecule has 0 aromatic carbocycles. The molecule has 2 rings (SSSR count). The van der Waals surface area contributed by atoms with Crippen molar-refractivity contribution < 1.29 is 9.59 Å². The summed E-state index contributed by atoms with van der Waals surface area (Å²) in [5.41, 5.74) is 0.959. The van der Waals surface area contributed by atoms with E-state index in [4.69, 9.17) is 0 Å². The third kappa shape index (κ3) is 5.22. The minimum atomic E-state index is -0.118. The molecule has 6 heteroatoms. The topological polar surface area (TPSA) is 65.5 Å². The van der Waals surface area contributed by atoms with Gasteiger partial charge in [0, 0.05) is 44.5 Å². The minimum Gasteiger partial charge on any atom is -0.344 e. The predicted molar refractivity (Wildman–Crippen MR) is 93.6 cm³/mol. The fourth-order valence-electron chi connectivity index (χ4n) is 3.03. The van der Waals surface area contributed by atoms with Gasteiger partial charge in [-0.15, -0.1) is 0 Å². The minimum absolute atomic E-state index is 0.0461. The van der Waals surface area contributed by atoms with Gasteiger partial charge in [0.15, 0.2) is 0 Å². The molecule has 1 unspecified atom stereocenters. The highest BCUT2D eigenvalue weighted by Gasteiger charge is 2.25. The van der Waals surface area contributed by atoms with E-state index in [0.29, 0.717) is 19.0 Å². The lowest BCUT2D eigenvalue weighted by molar-refractivity contribution is -0.128. The number of hydrogen-bond donors (Lipinski definition) is 1. The molecule has 1 atom stereocenters. The van der Waals surface area contributed by atoms with Gasteiger partial charge in [-0.25, -0.2) is 4.79 Å². The number of nitrogens with one attached hydrogen (secondary N) is 1. The van der Waals surface area contributed by atoms with E-state index in [9.17, 15) is 9.59 Å². The first-order valence-corrected chi connectivity index (χ1v) is 8.80. The van der Waals surface area contributed by atoms with Crippen LogP contribution >= 0.6 is 0 Å². The maximum atomic E-state index is 12.3. The van der Waals surface area contributed by atoms with Crippen molar-refractivity contribution in [3.63, 3.8) is 0 Å². The van der Waals surface area contributed by atoms with E-state index in [2.05, 4.69) is 17.2 Å². The van der Waals surface area contributed by atoms with Crippen molar-refractivity contribution in [1.29, 1.82) is 0 Å². The van der Waals surface area contributed by atoms with Crippen LogP contribution in [0.4, 0.5) is 4.79 Å². The fraction of sp³-hybridized carbons (Fsp3) is 0.611. The number of nitrogens with zero attached hydrogens (tertiary/aromatic N) is 3. The zero-order valence-electron chi connectivity index (χ0n) is 14.7. The van der Waals surface area contributed by atoms with Crippen molar-refractivity contribution in [3.05, 3.63) is 30.1 Å². The Labute approximate surface area is 144 Å². The Hall–Kier alpha value is -2.11. The molecule has 0 spiro atoms. The largest absolute Gasteiger partial charge is 0.344 e. The van der Waals surface area contributed by atoms with E-state index in [1.807, 2.05) is 23.1 Å². The first kappa shape index (κ1) is 18.2. The van der Waals surface area contributed by atoms with Gasteiger partial charge in [0.05, 0.1) is 6.54 Å². The van der Waals surface area contributed by atoms with Crippen molar-refractivity contribution in [2.24, 2.45) is 0 Å². The number of hydrogen-bond acceptors (Lipinski definition) is 3. The fourth-order valence-corrected chi connectivity index (χ4v) is 3.03. The predicted octanol–water partition coefficient (Wildman–Crippen LogP) is 2.06. The lowest BCUT2D eigenvalue weighted by atomic mass is 10.0. The first-order valence-electron chi connectivity index (χ1n) is 8.80. The quantitative estimate of drug-likeness (QED) is 0.867. The molecule has 0 bridgehead atoms. The summed E-state index contributed by atoms with van der Waals surface area (Å²) in [4.78, 5) is 32.3. The summed E-state index contributed by atoms with van der Waals surface area (Å²) >= 11 is 0. The summed E-state index contributed by atoms with van der Waals surface area (Å²) in [6.07, 6.45) is 6.70. The zero-order chi connectivity index (χ0) is 17.4. The van der Waals surface area contributed by atoms with Gasteiger partial charge < -0.3 is 15.1 Å². The van der Waals surface area contributed by atoms with Crippen LogP contribution in [0.3, 0.4) is 0 Å². The standard InChI is InChI=1S/C18H28N4O2/c1-3-16-9-5-7-12-22(16)18(24)20-14-17(23)21(2)13-10-15-8-4-6-11-19-15/h4,6,8,11,16H,3,5,7,9-10,12-14H2,1-2H3,(H,20,24). The van der Waals surface area contributed by atoms with Gasteiger partial charge in [-0.2, -0.15) is 0 Å². The maximum absolute atomic E-state index is 12.3. The summed E-state index contributed by atoms with van der Waals surface area (Å²) < 4.78 is 0. The number of aromatic nitrogens is 1. The van der Waals surface area contributed by atoms with Crippen molar-refractivity contribution in [2.75, 3.05) is 26.7 Å². The van der Waals surface area contributed by atoms with Gasteiger partial charge in [0.1, 0.15) is 0 Å². The molecule has 1 fully saturated rings. The van der Waals surface area contributed by atoms with E-state index in [1.54, 1.807) is 18.1 Å².